The molecular weight excluding hydrogens is 390 g/mol. The highest BCUT2D eigenvalue weighted by molar-refractivity contribution is 5.65. The molecule has 2 N–H and O–H groups in total. The molecule has 5 aliphatic carbocycles. The van der Waals surface area contributed by atoms with E-state index >= 15 is 0 Å². The molecule has 2 aliphatic heterocycles. The maximum absolute atomic E-state index is 11.3. The number of fused-ring (bicyclic) bond motifs is 1. The molecule has 0 amide bonds. The van der Waals surface area contributed by atoms with Crippen molar-refractivity contribution in [3.63, 3.8) is 0 Å². The normalized spacial score (nSPS) is 44.3. The molecule has 166 valence electrons. The van der Waals surface area contributed by atoms with Gasteiger partial charge in [-0.25, -0.2) is 0 Å². The Kier molecular flexibility index (Phi) is 3.36. The summed E-state index contributed by atoms with van der Waals surface area (Å²) in [5, 5.41) is 22.1. The Morgan fingerprint density at radius 2 is 2.06 bits per heavy atom. The van der Waals surface area contributed by atoms with E-state index in [-0.39, 0.29) is 28.6 Å². The summed E-state index contributed by atoms with van der Waals surface area (Å²) in [6, 6.07) is 4.33. The van der Waals surface area contributed by atoms with E-state index in [1.807, 2.05) is 19.9 Å². The number of methoxy groups -OCH3 is 1. The van der Waals surface area contributed by atoms with Crippen molar-refractivity contribution in [2.45, 2.75) is 74.7 Å². The number of phenols is 1. The monoisotopic (exact) mass is 423 g/mol. The van der Waals surface area contributed by atoms with Crippen LogP contribution in [-0.4, -0.2) is 58.7 Å². The van der Waals surface area contributed by atoms with Crippen LogP contribution >= 0.6 is 0 Å². The van der Waals surface area contributed by atoms with Crippen molar-refractivity contribution in [2.24, 2.45) is 17.3 Å². The Balaban J connectivity index is 1.51. The summed E-state index contributed by atoms with van der Waals surface area (Å²) >= 11 is 0. The van der Waals surface area contributed by atoms with Crippen LogP contribution in [0.3, 0.4) is 0 Å². The highest BCUT2D eigenvalue weighted by atomic mass is 16.6. The lowest BCUT2D eigenvalue weighted by atomic mass is 9.36. The van der Waals surface area contributed by atoms with E-state index < -0.39 is 11.2 Å². The number of rotatable bonds is 4. The summed E-state index contributed by atoms with van der Waals surface area (Å²) in [4.78, 5) is 2.75. The topological polar surface area (TPSA) is 62.2 Å². The Morgan fingerprint density at radius 3 is 2.77 bits per heavy atom. The largest absolute Gasteiger partial charge is 0.504 e. The fourth-order valence-corrected chi connectivity index (χ4v) is 8.58. The second-order valence-electron chi connectivity index (χ2n) is 11.7. The molecule has 1 aromatic carbocycles. The number of benzene rings is 1. The molecule has 7 aliphatic rings. The molecule has 2 saturated carbocycles. The smallest absolute Gasteiger partial charge is 0.165 e. The Morgan fingerprint density at radius 1 is 1.26 bits per heavy atom. The van der Waals surface area contributed by atoms with Crippen molar-refractivity contribution < 1.29 is 19.7 Å². The maximum Gasteiger partial charge on any atom is 0.165 e. The first-order valence-electron chi connectivity index (χ1n) is 12.0. The van der Waals surface area contributed by atoms with Crippen molar-refractivity contribution in [3.05, 3.63) is 35.4 Å². The van der Waals surface area contributed by atoms with Gasteiger partial charge in [-0.3, -0.25) is 4.90 Å². The molecule has 6 atom stereocenters. The van der Waals surface area contributed by atoms with Gasteiger partial charge in [0.15, 0.2) is 11.5 Å². The third-order valence-corrected chi connectivity index (χ3v) is 9.96. The number of piperidine rings is 1. The van der Waals surface area contributed by atoms with Crippen LogP contribution in [0.2, 0.25) is 0 Å². The summed E-state index contributed by atoms with van der Waals surface area (Å²) < 4.78 is 13.1. The van der Waals surface area contributed by atoms with Gasteiger partial charge in [0.2, 0.25) is 0 Å². The van der Waals surface area contributed by atoms with Crippen LogP contribution in [0.1, 0.15) is 50.7 Å². The van der Waals surface area contributed by atoms with E-state index in [9.17, 15) is 10.2 Å². The number of nitrogens with zero attached hydrogens (tertiary/aromatic N) is 1. The number of aromatic hydroxyl groups is 1. The van der Waals surface area contributed by atoms with E-state index in [4.69, 9.17) is 9.47 Å². The van der Waals surface area contributed by atoms with Gasteiger partial charge >= 0.3 is 0 Å². The standard InChI is InChI=1S/C26H33NO4/c1-23(2,29)18-13-24-8-9-26(18,30-3)22-25(24)10-11-27(14-15-4-5-15)19(24)12-16-6-7-17(28)21(31-22)20(16)25/h6-9,15,18-19,22,28-29H,4-5,10-14H2,1-3H3/t18?,19-,22-,24?,25+,26?/m0/s1. The molecule has 1 aromatic rings. The van der Waals surface area contributed by atoms with E-state index in [0.29, 0.717) is 11.8 Å². The lowest BCUT2D eigenvalue weighted by Crippen LogP contribution is -2.80. The highest BCUT2D eigenvalue weighted by Crippen LogP contribution is 2.75. The minimum atomic E-state index is -0.897. The minimum absolute atomic E-state index is 0.0745. The number of aliphatic hydroxyl groups is 1. The first-order chi connectivity index (χ1) is 14.8. The third-order valence-electron chi connectivity index (χ3n) is 9.96. The number of phenolic OH excluding ortho intramolecular Hbond substituents is 1. The molecule has 8 rings (SSSR count). The van der Waals surface area contributed by atoms with Gasteiger partial charge in [0.05, 0.1) is 11.0 Å². The summed E-state index contributed by atoms with van der Waals surface area (Å²) in [5.74, 6) is 1.68. The summed E-state index contributed by atoms with van der Waals surface area (Å²) in [7, 11) is 1.76. The van der Waals surface area contributed by atoms with Crippen molar-refractivity contribution in [1.29, 1.82) is 0 Å². The van der Waals surface area contributed by atoms with Crippen molar-refractivity contribution >= 4 is 0 Å². The van der Waals surface area contributed by atoms with Gasteiger partial charge < -0.3 is 19.7 Å². The molecule has 0 aromatic heterocycles. The second-order valence-corrected chi connectivity index (χ2v) is 11.7. The molecule has 2 heterocycles. The van der Waals surface area contributed by atoms with Crippen LogP contribution in [0.5, 0.6) is 11.5 Å². The molecule has 4 bridgehead atoms. The second kappa shape index (κ2) is 5.49. The fourth-order valence-electron chi connectivity index (χ4n) is 8.58. The molecule has 2 spiro atoms. The molecular formula is C26H33NO4. The average Bonchev–Trinajstić information content (AvgIpc) is 3.47. The predicted octanol–water partition coefficient (Wildman–Crippen LogP) is 3.16. The van der Waals surface area contributed by atoms with E-state index in [0.717, 1.165) is 31.7 Å². The average molecular weight is 424 g/mol. The van der Waals surface area contributed by atoms with Crippen molar-refractivity contribution in [1.82, 2.24) is 4.90 Å². The van der Waals surface area contributed by atoms with Crippen molar-refractivity contribution in [3.8, 4) is 11.5 Å². The van der Waals surface area contributed by atoms with Gasteiger partial charge in [-0.1, -0.05) is 18.2 Å². The van der Waals surface area contributed by atoms with Crippen LogP contribution in [0, 0.1) is 17.3 Å². The molecule has 3 fully saturated rings. The van der Waals surface area contributed by atoms with Gasteiger partial charge in [0.1, 0.15) is 11.7 Å². The summed E-state index contributed by atoms with van der Waals surface area (Å²) in [5.41, 5.74) is 0.654. The SMILES string of the molecule is COC12C=CC3(CC1C(C)(C)O)[C@@H]1Cc4ccc(O)c5c4[C@]3(CCN1CC1CC1)[C@@H]2O5. The van der Waals surface area contributed by atoms with Gasteiger partial charge in [0, 0.05) is 36.6 Å². The Labute approximate surface area is 184 Å². The van der Waals surface area contributed by atoms with Gasteiger partial charge in [-0.05, 0) is 70.0 Å². The lowest BCUT2D eigenvalue weighted by molar-refractivity contribution is -0.245. The quantitative estimate of drug-likeness (QED) is 0.729. The van der Waals surface area contributed by atoms with Crippen molar-refractivity contribution in [2.75, 3.05) is 20.2 Å². The minimum Gasteiger partial charge on any atom is -0.504 e. The molecule has 5 heteroatoms. The van der Waals surface area contributed by atoms with Crippen LogP contribution in [0.25, 0.3) is 0 Å². The lowest BCUT2D eigenvalue weighted by Gasteiger charge is -2.72. The van der Waals surface area contributed by atoms with Gasteiger partial charge in [-0.2, -0.15) is 0 Å². The first kappa shape index (κ1) is 19.0. The summed E-state index contributed by atoms with van der Waals surface area (Å²) in [6.07, 6.45) is 10.0. The zero-order valence-corrected chi connectivity index (χ0v) is 18.7. The van der Waals surface area contributed by atoms with E-state index in [1.165, 1.54) is 30.5 Å². The first-order valence-corrected chi connectivity index (χ1v) is 12.0. The molecule has 1 saturated heterocycles. The molecule has 5 nitrogen and oxygen atoms in total. The Hall–Kier alpha value is -1.56. The fraction of sp³-hybridized carbons (Fsp3) is 0.692. The van der Waals surface area contributed by atoms with E-state index in [2.05, 4.69) is 23.1 Å². The molecule has 3 unspecified atom stereocenters. The van der Waals surface area contributed by atoms with Crippen LogP contribution in [-0.2, 0) is 16.6 Å². The number of hydrogen-bond donors (Lipinski definition) is 2. The van der Waals surface area contributed by atoms with Crippen LogP contribution in [0.4, 0.5) is 0 Å². The number of likely N-dealkylation sites (tertiary alicyclic amines) is 1. The van der Waals surface area contributed by atoms with Gasteiger partial charge in [-0.15, -0.1) is 0 Å². The third kappa shape index (κ3) is 1.97. The van der Waals surface area contributed by atoms with Gasteiger partial charge in [0.25, 0.3) is 0 Å². The molecule has 31 heavy (non-hydrogen) atoms. The Bertz CT molecular complexity index is 1010. The maximum atomic E-state index is 11.3. The molecule has 0 radical (unpaired) electrons. The highest BCUT2D eigenvalue weighted by Gasteiger charge is 2.80. The number of hydrogen-bond acceptors (Lipinski definition) is 5. The van der Waals surface area contributed by atoms with Crippen LogP contribution < -0.4 is 4.74 Å². The van der Waals surface area contributed by atoms with E-state index in [1.54, 1.807) is 7.11 Å². The zero-order chi connectivity index (χ0) is 21.4. The summed E-state index contributed by atoms with van der Waals surface area (Å²) in [6.45, 7) is 6.09. The number of ether oxygens (including phenoxy) is 2. The van der Waals surface area contributed by atoms with Crippen LogP contribution in [0.15, 0.2) is 24.3 Å². The zero-order valence-electron chi connectivity index (χ0n) is 18.7. The predicted molar refractivity (Wildman–Crippen MR) is 116 cm³/mol.